The molecule has 14 heavy (non-hydrogen) atoms. The molecule has 0 amide bonds. The summed E-state index contributed by atoms with van der Waals surface area (Å²) < 4.78 is 0. The highest BCUT2D eigenvalue weighted by atomic mass is 16.3. The molecule has 2 aliphatic carbocycles. The van der Waals surface area contributed by atoms with Crippen LogP contribution in [-0.4, -0.2) is 10.7 Å². The first-order valence-corrected chi connectivity index (χ1v) is 6.14. The number of hydrogen-bond donors (Lipinski definition) is 1. The molecule has 2 fully saturated rings. The largest absolute Gasteiger partial charge is 0.389 e. The second-order valence-electron chi connectivity index (χ2n) is 6.37. The molecule has 1 heteroatoms. The average molecular weight is 196 g/mol. The van der Waals surface area contributed by atoms with Crippen LogP contribution in [0.5, 0.6) is 0 Å². The van der Waals surface area contributed by atoms with Gasteiger partial charge >= 0.3 is 0 Å². The van der Waals surface area contributed by atoms with Gasteiger partial charge in [-0.1, -0.05) is 40.0 Å². The molecule has 0 unspecified atom stereocenters. The van der Waals surface area contributed by atoms with Gasteiger partial charge in [-0.05, 0) is 36.5 Å². The summed E-state index contributed by atoms with van der Waals surface area (Å²) in [5.41, 5.74) is -0.0656. The van der Waals surface area contributed by atoms with Crippen molar-refractivity contribution in [3.8, 4) is 0 Å². The van der Waals surface area contributed by atoms with Crippen molar-refractivity contribution in [1.29, 1.82) is 0 Å². The summed E-state index contributed by atoms with van der Waals surface area (Å²) in [4.78, 5) is 0. The predicted octanol–water partition coefficient (Wildman–Crippen LogP) is 3.51. The minimum absolute atomic E-state index is 0.125. The van der Waals surface area contributed by atoms with E-state index in [-0.39, 0.29) is 10.8 Å². The smallest absolute Gasteiger partial charge is 0.0751 e. The molecule has 2 saturated carbocycles. The predicted molar refractivity (Wildman–Crippen MR) is 59.2 cm³/mol. The van der Waals surface area contributed by atoms with Crippen LogP contribution in [0.1, 0.15) is 65.7 Å². The molecule has 2 rings (SSSR count). The molecule has 0 saturated heterocycles. The van der Waals surface area contributed by atoms with Gasteiger partial charge in [0.1, 0.15) is 0 Å². The zero-order valence-electron chi connectivity index (χ0n) is 9.90. The van der Waals surface area contributed by atoms with Crippen LogP contribution in [0.15, 0.2) is 0 Å². The van der Waals surface area contributed by atoms with E-state index >= 15 is 0 Å². The topological polar surface area (TPSA) is 20.2 Å². The van der Waals surface area contributed by atoms with Gasteiger partial charge in [0.2, 0.25) is 0 Å². The van der Waals surface area contributed by atoms with E-state index in [1.807, 2.05) is 0 Å². The second-order valence-corrected chi connectivity index (χ2v) is 6.37. The Morgan fingerprint density at radius 1 is 0.786 bits per heavy atom. The highest BCUT2D eigenvalue weighted by molar-refractivity contribution is 5.09. The molecule has 82 valence electrons. The summed E-state index contributed by atoms with van der Waals surface area (Å²) in [6, 6.07) is 0. The zero-order valence-corrected chi connectivity index (χ0v) is 9.90. The van der Waals surface area contributed by atoms with Gasteiger partial charge in [-0.15, -0.1) is 0 Å². The van der Waals surface area contributed by atoms with Gasteiger partial charge in [0.05, 0.1) is 5.60 Å². The fourth-order valence-electron chi connectivity index (χ4n) is 4.02. The Bertz CT molecular complexity index is 229. The number of aliphatic hydroxyl groups is 1. The van der Waals surface area contributed by atoms with Gasteiger partial charge in [0, 0.05) is 0 Å². The molecule has 0 radical (unpaired) electrons. The maximum absolute atomic E-state index is 11.0. The molecular formula is C13H24O. The normalized spacial score (nSPS) is 47.1. The van der Waals surface area contributed by atoms with Crippen LogP contribution in [0.25, 0.3) is 0 Å². The van der Waals surface area contributed by atoms with Crippen LogP contribution < -0.4 is 0 Å². The van der Waals surface area contributed by atoms with Crippen molar-refractivity contribution in [2.24, 2.45) is 10.8 Å². The van der Waals surface area contributed by atoms with Crippen LogP contribution in [0.2, 0.25) is 0 Å². The molecule has 0 heterocycles. The van der Waals surface area contributed by atoms with Crippen molar-refractivity contribution in [2.45, 2.75) is 71.3 Å². The fraction of sp³-hybridized carbons (Fsp3) is 1.00. The van der Waals surface area contributed by atoms with Crippen molar-refractivity contribution < 1.29 is 5.11 Å². The second kappa shape index (κ2) is 2.98. The van der Waals surface area contributed by atoms with E-state index < -0.39 is 5.60 Å². The molecule has 2 atom stereocenters. The molecule has 0 aromatic rings. The molecule has 0 aliphatic heterocycles. The van der Waals surface area contributed by atoms with Gasteiger partial charge in [0.25, 0.3) is 0 Å². The number of fused-ring (bicyclic) bond motifs is 1. The Hall–Kier alpha value is -0.0400. The van der Waals surface area contributed by atoms with E-state index in [0.717, 1.165) is 6.42 Å². The maximum atomic E-state index is 11.0. The number of rotatable bonds is 0. The van der Waals surface area contributed by atoms with E-state index in [9.17, 15) is 5.11 Å². The average Bonchev–Trinajstić information content (AvgIpc) is 2.08. The van der Waals surface area contributed by atoms with E-state index in [1.165, 1.54) is 38.5 Å². The Labute approximate surface area is 87.9 Å². The first-order valence-electron chi connectivity index (χ1n) is 6.14. The Morgan fingerprint density at radius 3 is 2.00 bits per heavy atom. The standard InChI is InChI=1S/C13H24O/c1-11(2)7-6-9-12(3)8-4-5-10-13(11,12)14/h14H,4-10H2,1-3H3/t12-,13-/m1/s1. The molecule has 0 aromatic heterocycles. The van der Waals surface area contributed by atoms with Gasteiger partial charge in [-0.3, -0.25) is 0 Å². The summed E-state index contributed by atoms with van der Waals surface area (Å²) in [5, 5.41) is 11.0. The van der Waals surface area contributed by atoms with Gasteiger partial charge in [-0.2, -0.15) is 0 Å². The Balaban J connectivity index is 2.36. The van der Waals surface area contributed by atoms with Crippen LogP contribution in [-0.2, 0) is 0 Å². The lowest BCUT2D eigenvalue weighted by atomic mass is 9.49. The molecule has 2 aliphatic rings. The van der Waals surface area contributed by atoms with Gasteiger partial charge in [0.15, 0.2) is 0 Å². The molecule has 0 bridgehead atoms. The lowest BCUT2D eigenvalue weighted by Gasteiger charge is -2.60. The van der Waals surface area contributed by atoms with Gasteiger partial charge in [-0.25, -0.2) is 0 Å². The Kier molecular flexibility index (Phi) is 2.23. The van der Waals surface area contributed by atoms with Crippen molar-refractivity contribution >= 4 is 0 Å². The van der Waals surface area contributed by atoms with E-state index in [2.05, 4.69) is 20.8 Å². The quantitative estimate of drug-likeness (QED) is 0.628. The highest BCUT2D eigenvalue weighted by Gasteiger charge is 2.58. The van der Waals surface area contributed by atoms with E-state index in [1.54, 1.807) is 0 Å². The summed E-state index contributed by atoms with van der Waals surface area (Å²) in [6.45, 7) is 6.83. The number of hydrogen-bond acceptors (Lipinski definition) is 1. The lowest BCUT2D eigenvalue weighted by molar-refractivity contribution is -0.203. The molecule has 0 aromatic carbocycles. The first kappa shape index (κ1) is 10.5. The summed E-state index contributed by atoms with van der Waals surface area (Å²) in [6.07, 6.45) is 8.51. The molecule has 0 spiro atoms. The minimum atomic E-state index is -0.392. The third-order valence-electron chi connectivity index (χ3n) is 5.17. The lowest BCUT2D eigenvalue weighted by Crippen LogP contribution is -2.60. The summed E-state index contributed by atoms with van der Waals surface area (Å²) in [7, 11) is 0. The summed E-state index contributed by atoms with van der Waals surface area (Å²) >= 11 is 0. The van der Waals surface area contributed by atoms with Crippen LogP contribution >= 0.6 is 0 Å². The summed E-state index contributed by atoms with van der Waals surface area (Å²) in [5.74, 6) is 0. The van der Waals surface area contributed by atoms with Crippen molar-refractivity contribution in [2.75, 3.05) is 0 Å². The maximum Gasteiger partial charge on any atom is 0.0751 e. The van der Waals surface area contributed by atoms with Gasteiger partial charge < -0.3 is 5.11 Å². The van der Waals surface area contributed by atoms with E-state index in [0.29, 0.717) is 0 Å². The van der Waals surface area contributed by atoms with Crippen molar-refractivity contribution in [1.82, 2.24) is 0 Å². The SMILES string of the molecule is CC1(C)CCC[C@@]2(C)CCCC[C@@]12O. The molecule has 1 N–H and O–H groups in total. The minimum Gasteiger partial charge on any atom is -0.389 e. The third-order valence-corrected chi connectivity index (χ3v) is 5.17. The zero-order chi connectivity index (χ0) is 10.4. The molecular weight excluding hydrogens is 172 g/mol. The monoisotopic (exact) mass is 196 g/mol. The van der Waals surface area contributed by atoms with E-state index in [4.69, 9.17) is 0 Å². The van der Waals surface area contributed by atoms with Crippen LogP contribution in [0.4, 0.5) is 0 Å². The fourth-order valence-corrected chi connectivity index (χ4v) is 4.02. The Morgan fingerprint density at radius 2 is 1.36 bits per heavy atom. The van der Waals surface area contributed by atoms with Crippen LogP contribution in [0, 0.1) is 10.8 Å². The first-order chi connectivity index (χ1) is 6.41. The van der Waals surface area contributed by atoms with Crippen LogP contribution in [0.3, 0.4) is 0 Å². The third kappa shape index (κ3) is 1.18. The molecule has 1 nitrogen and oxygen atoms in total. The van der Waals surface area contributed by atoms with Crippen molar-refractivity contribution in [3.05, 3.63) is 0 Å². The van der Waals surface area contributed by atoms with Crippen molar-refractivity contribution in [3.63, 3.8) is 0 Å². The highest BCUT2D eigenvalue weighted by Crippen LogP contribution is 2.60.